The van der Waals surface area contributed by atoms with Gasteiger partial charge in [-0.15, -0.1) is 16.4 Å². The zero-order valence-electron chi connectivity index (χ0n) is 13.5. The smallest absolute Gasteiger partial charge is 0.290 e. The molecule has 1 N–H and O–H groups in total. The number of carbonyl (C=O) groups excluding carboxylic acids is 1. The van der Waals surface area contributed by atoms with Crippen LogP contribution in [0, 0.1) is 0 Å². The topological polar surface area (TPSA) is 81.4 Å². The molecule has 1 amide bonds. The molecule has 0 saturated heterocycles. The summed E-state index contributed by atoms with van der Waals surface area (Å²) in [6, 6.07) is 0. The summed E-state index contributed by atoms with van der Waals surface area (Å²) in [7, 11) is 0. The molecular weight excluding hydrogens is 326 g/mol. The van der Waals surface area contributed by atoms with Gasteiger partial charge in [-0.1, -0.05) is 0 Å². The van der Waals surface area contributed by atoms with Crippen molar-refractivity contribution in [1.29, 1.82) is 0 Å². The molecule has 7 nitrogen and oxygen atoms in total. The second kappa shape index (κ2) is 6.45. The van der Waals surface area contributed by atoms with Crippen LogP contribution in [0.4, 0.5) is 0 Å². The number of aromatic nitrogens is 4. The van der Waals surface area contributed by atoms with Gasteiger partial charge in [0.2, 0.25) is 5.82 Å². The Morgan fingerprint density at radius 2 is 2.38 bits per heavy atom. The first-order valence-electron chi connectivity index (χ1n) is 8.29. The molecule has 3 aromatic heterocycles. The fraction of sp³-hybridized carbons (Fsp3) is 0.500. The Labute approximate surface area is 143 Å². The fourth-order valence-corrected chi connectivity index (χ4v) is 4.31. The second-order valence-corrected chi connectivity index (χ2v) is 6.88. The molecule has 24 heavy (non-hydrogen) atoms. The summed E-state index contributed by atoms with van der Waals surface area (Å²) in [5, 5.41) is 8.19. The zero-order chi connectivity index (χ0) is 16.5. The lowest BCUT2D eigenvalue weighted by Crippen LogP contribution is -2.26. The Bertz CT molecular complexity index is 901. The van der Waals surface area contributed by atoms with Gasteiger partial charge in [0.15, 0.2) is 5.65 Å². The standard InChI is InChI=1S/C16H19N5O2S/c1-2-23-8-4-7-17-15(22)13-19-14-12-10-5-3-6-11(10)24-16(12)18-9-21(14)20-13/h9H,2-8H2,1H3,(H,17,22). The van der Waals surface area contributed by atoms with E-state index in [9.17, 15) is 4.79 Å². The van der Waals surface area contributed by atoms with Crippen LogP contribution in [0.15, 0.2) is 6.33 Å². The molecule has 0 aliphatic heterocycles. The number of amides is 1. The van der Waals surface area contributed by atoms with E-state index in [1.165, 1.54) is 16.9 Å². The van der Waals surface area contributed by atoms with Crippen LogP contribution >= 0.6 is 11.3 Å². The van der Waals surface area contributed by atoms with E-state index in [2.05, 4.69) is 20.4 Å². The van der Waals surface area contributed by atoms with Crippen molar-refractivity contribution in [2.24, 2.45) is 0 Å². The van der Waals surface area contributed by atoms with Gasteiger partial charge in [-0.2, -0.15) is 0 Å². The summed E-state index contributed by atoms with van der Waals surface area (Å²) < 4.78 is 6.87. The Morgan fingerprint density at radius 3 is 3.25 bits per heavy atom. The van der Waals surface area contributed by atoms with Crippen LogP contribution in [0.1, 0.15) is 40.8 Å². The molecule has 3 aromatic rings. The number of nitrogens with one attached hydrogen (secondary N) is 1. The molecule has 3 heterocycles. The van der Waals surface area contributed by atoms with Crippen LogP contribution in [0.5, 0.6) is 0 Å². The highest BCUT2D eigenvalue weighted by molar-refractivity contribution is 7.19. The van der Waals surface area contributed by atoms with Gasteiger partial charge in [0.25, 0.3) is 5.91 Å². The van der Waals surface area contributed by atoms with Crippen molar-refractivity contribution < 1.29 is 9.53 Å². The predicted octanol–water partition coefficient (Wildman–Crippen LogP) is 1.98. The van der Waals surface area contributed by atoms with Crippen LogP contribution in [0.25, 0.3) is 15.9 Å². The number of rotatable bonds is 6. The first-order chi connectivity index (χ1) is 11.8. The first-order valence-corrected chi connectivity index (χ1v) is 9.11. The number of hydrogen-bond donors (Lipinski definition) is 1. The van der Waals surface area contributed by atoms with Gasteiger partial charge in [0, 0.05) is 24.6 Å². The van der Waals surface area contributed by atoms with E-state index in [1.807, 2.05) is 6.92 Å². The van der Waals surface area contributed by atoms with E-state index in [0.717, 1.165) is 35.1 Å². The minimum Gasteiger partial charge on any atom is -0.382 e. The summed E-state index contributed by atoms with van der Waals surface area (Å²) in [6.07, 6.45) is 5.77. The number of nitrogens with zero attached hydrogens (tertiary/aromatic N) is 4. The largest absolute Gasteiger partial charge is 0.382 e. The molecular formula is C16H19N5O2S. The number of carbonyl (C=O) groups is 1. The van der Waals surface area contributed by atoms with Crippen LogP contribution < -0.4 is 5.32 Å². The molecule has 0 bridgehead atoms. The Hall–Kier alpha value is -2.06. The van der Waals surface area contributed by atoms with Gasteiger partial charge in [0.05, 0.1) is 5.39 Å². The third kappa shape index (κ3) is 2.65. The molecule has 0 atom stereocenters. The molecule has 0 radical (unpaired) electrons. The minimum absolute atomic E-state index is 0.193. The Morgan fingerprint density at radius 1 is 1.46 bits per heavy atom. The number of fused-ring (bicyclic) bond motifs is 5. The van der Waals surface area contributed by atoms with Crippen molar-refractivity contribution in [2.45, 2.75) is 32.6 Å². The number of thiophene rings is 1. The van der Waals surface area contributed by atoms with E-state index < -0.39 is 0 Å². The van der Waals surface area contributed by atoms with Crippen LogP contribution in [-0.4, -0.2) is 45.2 Å². The molecule has 1 aliphatic rings. The Kier molecular flexibility index (Phi) is 4.15. The summed E-state index contributed by atoms with van der Waals surface area (Å²) in [6.45, 7) is 3.84. The van der Waals surface area contributed by atoms with Gasteiger partial charge < -0.3 is 10.1 Å². The fourth-order valence-electron chi connectivity index (χ4n) is 3.09. The molecule has 1 aliphatic carbocycles. The number of ether oxygens (including phenoxy) is 1. The lowest BCUT2D eigenvalue weighted by atomic mass is 10.2. The maximum atomic E-state index is 12.2. The predicted molar refractivity (Wildman–Crippen MR) is 91.6 cm³/mol. The van der Waals surface area contributed by atoms with Crippen LogP contribution in [0.3, 0.4) is 0 Å². The number of aryl methyl sites for hydroxylation is 2. The highest BCUT2D eigenvalue weighted by Gasteiger charge is 2.22. The maximum Gasteiger partial charge on any atom is 0.290 e. The first kappa shape index (κ1) is 15.5. The van der Waals surface area contributed by atoms with E-state index in [0.29, 0.717) is 19.8 Å². The number of hydrogen-bond acceptors (Lipinski definition) is 6. The molecule has 0 unspecified atom stereocenters. The average Bonchev–Trinajstić information content (AvgIpc) is 3.26. The SMILES string of the molecule is CCOCCCNC(=O)c1nc2c3c4c(sc3ncn2n1)CCC4. The summed E-state index contributed by atoms with van der Waals surface area (Å²) >= 11 is 1.73. The molecule has 8 heteroatoms. The van der Waals surface area contributed by atoms with Crippen molar-refractivity contribution in [3.8, 4) is 0 Å². The van der Waals surface area contributed by atoms with Crippen LogP contribution in [0.2, 0.25) is 0 Å². The summed E-state index contributed by atoms with van der Waals surface area (Å²) in [5.41, 5.74) is 2.07. The lowest BCUT2D eigenvalue weighted by molar-refractivity contribution is 0.0934. The molecule has 4 rings (SSSR count). The van der Waals surface area contributed by atoms with Gasteiger partial charge in [-0.25, -0.2) is 14.5 Å². The quantitative estimate of drug-likeness (QED) is 0.691. The molecule has 0 spiro atoms. The lowest BCUT2D eigenvalue weighted by Gasteiger charge is -2.02. The van der Waals surface area contributed by atoms with Crippen molar-refractivity contribution in [3.63, 3.8) is 0 Å². The van der Waals surface area contributed by atoms with Crippen LogP contribution in [-0.2, 0) is 17.6 Å². The minimum atomic E-state index is -0.254. The van der Waals surface area contributed by atoms with Crippen molar-refractivity contribution in [1.82, 2.24) is 24.9 Å². The third-order valence-corrected chi connectivity index (χ3v) is 5.40. The summed E-state index contributed by atoms with van der Waals surface area (Å²) in [5.74, 6) is -0.0612. The molecule has 0 aromatic carbocycles. The van der Waals surface area contributed by atoms with Gasteiger partial charge >= 0.3 is 0 Å². The average molecular weight is 345 g/mol. The molecule has 126 valence electrons. The highest BCUT2D eigenvalue weighted by atomic mass is 32.1. The van der Waals surface area contributed by atoms with Crippen molar-refractivity contribution in [2.75, 3.05) is 19.8 Å². The second-order valence-electron chi connectivity index (χ2n) is 5.79. The third-order valence-electron chi connectivity index (χ3n) is 4.20. The van der Waals surface area contributed by atoms with E-state index in [-0.39, 0.29) is 11.7 Å². The normalized spacial score (nSPS) is 13.7. The van der Waals surface area contributed by atoms with E-state index in [1.54, 1.807) is 22.2 Å². The van der Waals surface area contributed by atoms with E-state index >= 15 is 0 Å². The van der Waals surface area contributed by atoms with E-state index in [4.69, 9.17) is 4.74 Å². The van der Waals surface area contributed by atoms with Crippen molar-refractivity contribution >= 4 is 33.1 Å². The molecule has 0 saturated carbocycles. The maximum absolute atomic E-state index is 12.2. The Balaban J connectivity index is 1.59. The van der Waals surface area contributed by atoms with Gasteiger partial charge in [-0.05, 0) is 38.2 Å². The monoisotopic (exact) mass is 345 g/mol. The zero-order valence-corrected chi connectivity index (χ0v) is 14.4. The summed E-state index contributed by atoms with van der Waals surface area (Å²) in [4.78, 5) is 23.6. The highest BCUT2D eigenvalue weighted by Crippen LogP contribution is 2.37. The van der Waals surface area contributed by atoms with Gasteiger partial charge in [-0.3, -0.25) is 4.79 Å². The van der Waals surface area contributed by atoms with Crippen molar-refractivity contribution in [3.05, 3.63) is 22.6 Å². The van der Waals surface area contributed by atoms with Gasteiger partial charge in [0.1, 0.15) is 11.2 Å². The molecule has 0 fully saturated rings.